The fourth-order valence-electron chi connectivity index (χ4n) is 4.04. The van der Waals surface area contributed by atoms with Crippen molar-refractivity contribution in [3.05, 3.63) is 71.8 Å². The maximum atomic E-state index is 11.9. The molecule has 2 aromatic rings. The van der Waals surface area contributed by atoms with E-state index in [1.165, 1.54) is 11.1 Å². The topological polar surface area (TPSA) is 38.8 Å². The first-order valence-corrected chi connectivity index (χ1v) is 9.75. The van der Waals surface area contributed by atoms with Crippen molar-refractivity contribution in [1.29, 1.82) is 0 Å². The third kappa shape index (κ3) is 4.96. The first-order valence-electron chi connectivity index (χ1n) is 9.75. The zero-order valence-corrected chi connectivity index (χ0v) is 16.2. The Kier molecular flexibility index (Phi) is 7.02. The smallest absolute Gasteiger partial charge is 0.306 e. The lowest BCUT2D eigenvalue weighted by Gasteiger charge is -2.42. The van der Waals surface area contributed by atoms with Gasteiger partial charge in [-0.2, -0.15) is 0 Å². The third-order valence-corrected chi connectivity index (χ3v) is 5.36. The van der Waals surface area contributed by atoms with Gasteiger partial charge in [-0.3, -0.25) is 9.69 Å². The van der Waals surface area contributed by atoms with E-state index in [-0.39, 0.29) is 24.0 Å². The summed E-state index contributed by atoms with van der Waals surface area (Å²) in [5.74, 6) is 0.0816. The number of rotatable bonds is 7. The van der Waals surface area contributed by atoms with E-state index >= 15 is 0 Å². The average Bonchev–Trinajstić information content (AvgIpc) is 2.71. The van der Waals surface area contributed by atoms with Crippen molar-refractivity contribution in [1.82, 2.24) is 4.90 Å². The number of benzene rings is 2. The largest absolute Gasteiger partial charge is 0.466 e. The highest BCUT2D eigenvalue weighted by atomic mass is 16.5. The summed E-state index contributed by atoms with van der Waals surface area (Å²) in [6, 6.07) is 21.4. The van der Waals surface area contributed by atoms with Gasteiger partial charge in [-0.1, -0.05) is 60.7 Å². The number of hydrogen-bond acceptors (Lipinski definition) is 4. The van der Waals surface area contributed by atoms with E-state index in [0.29, 0.717) is 13.0 Å². The van der Waals surface area contributed by atoms with Crippen LogP contribution in [0.15, 0.2) is 60.7 Å². The number of likely N-dealkylation sites (tertiary alicyclic amines) is 1. The Balaban J connectivity index is 1.79. The molecule has 2 atom stereocenters. The van der Waals surface area contributed by atoms with Crippen LogP contribution < -0.4 is 0 Å². The number of carbonyl (C=O) groups is 1. The highest BCUT2D eigenvalue weighted by Crippen LogP contribution is 2.34. The lowest BCUT2D eigenvalue weighted by Crippen LogP contribution is -2.47. The van der Waals surface area contributed by atoms with E-state index in [2.05, 4.69) is 65.6 Å². The van der Waals surface area contributed by atoms with Crippen LogP contribution in [-0.4, -0.2) is 43.8 Å². The van der Waals surface area contributed by atoms with Crippen LogP contribution in [0.25, 0.3) is 0 Å². The number of nitrogens with zero attached hydrogens (tertiary/aromatic N) is 1. The second-order valence-electron chi connectivity index (χ2n) is 7.05. The Bertz CT molecular complexity index is 665. The van der Waals surface area contributed by atoms with Gasteiger partial charge in [0, 0.05) is 13.7 Å². The van der Waals surface area contributed by atoms with Gasteiger partial charge in [0.2, 0.25) is 0 Å². The molecule has 0 saturated carbocycles. The molecule has 1 aliphatic heterocycles. The van der Waals surface area contributed by atoms with Crippen LogP contribution in [0.1, 0.15) is 36.9 Å². The number of esters is 1. The van der Waals surface area contributed by atoms with Crippen LogP contribution in [-0.2, 0) is 14.3 Å². The van der Waals surface area contributed by atoms with Gasteiger partial charge in [-0.15, -0.1) is 0 Å². The molecule has 1 saturated heterocycles. The standard InChI is InChI=1S/C23H29NO3/c1-3-27-22(25)16-20-14-15-24(17-21(20)26-2)23(18-10-6-4-7-11-18)19-12-8-5-9-13-19/h4-13,20-21,23H,3,14-17H2,1-2H3/t20-,21-/m0/s1. The molecule has 0 spiro atoms. The van der Waals surface area contributed by atoms with E-state index in [9.17, 15) is 4.79 Å². The van der Waals surface area contributed by atoms with Gasteiger partial charge in [0.1, 0.15) is 0 Å². The van der Waals surface area contributed by atoms with Crippen LogP contribution in [0.2, 0.25) is 0 Å². The summed E-state index contributed by atoms with van der Waals surface area (Å²) < 4.78 is 10.9. The maximum Gasteiger partial charge on any atom is 0.306 e. The van der Waals surface area contributed by atoms with E-state index in [4.69, 9.17) is 9.47 Å². The number of piperidine rings is 1. The summed E-state index contributed by atoms with van der Waals surface area (Å²) in [7, 11) is 1.74. The second kappa shape index (κ2) is 9.67. The highest BCUT2D eigenvalue weighted by Gasteiger charge is 2.35. The van der Waals surface area contributed by atoms with Gasteiger partial charge in [0.05, 0.1) is 25.2 Å². The predicted octanol–water partition coefficient (Wildman–Crippen LogP) is 4.07. The molecule has 2 aromatic carbocycles. The zero-order valence-electron chi connectivity index (χ0n) is 16.2. The highest BCUT2D eigenvalue weighted by molar-refractivity contribution is 5.69. The summed E-state index contributed by atoms with van der Waals surface area (Å²) in [4.78, 5) is 14.4. The van der Waals surface area contributed by atoms with Gasteiger partial charge < -0.3 is 9.47 Å². The summed E-state index contributed by atoms with van der Waals surface area (Å²) in [6.07, 6.45) is 1.38. The molecule has 0 radical (unpaired) electrons. The lowest BCUT2D eigenvalue weighted by atomic mass is 9.87. The van der Waals surface area contributed by atoms with Crippen LogP contribution >= 0.6 is 0 Å². The van der Waals surface area contributed by atoms with Crippen molar-refractivity contribution >= 4 is 5.97 Å². The molecule has 4 nitrogen and oxygen atoms in total. The molecule has 0 aromatic heterocycles. The summed E-state index contributed by atoms with van der Waals surface area (Å²) >= 11 is 0. The predicted molar refractivity (Wildman–Crippen MR) is 106 cm³/mol. The number of carbonyl (C=O) groups excluding carboxylic acids is 1. The van der Waals surface area contributed by atoms with E-state index < -0.39 is 0 Å². The van der Waals surface area contributed by atoms with E-state index in [0.717, 1.165) is 19.5 Å². The molecule has 0 unspecified atom stereocenters. The molecule has 3 rings (SSSR count). The monoisotopic (exact) mass is 367 g/mol. The van der Waals surface area contributed by atoms with Crippen molar-refractivity contribution in [2.24, 2.45) is 5.92 Å². The summed E-state index contributed by atoms with van der Waals surface area (Å²) in [5, 5.41) is 0. The second-order valence-corrected chi connectivity index (χ2v) is 7.05. The molecule has 144 valence electrons. The molecule has 27 heavy (non-hydrogen) atoms. The molecule has 1 heterocycles. The van der Waals surface area contributed by atoms with Gasteiger partial charge >= 0.3 is 5.97 Å². The number of ether oxygens (including phenoxy) is 2. The van der Waals surface area contributed by atoms with Crippen LogP contribution in [0, 0.1) is 5.92 Å². The van der Waals surface area contributed by atoms with Gasteiger partial charge in [-0.05, 0) is 36.9 Å². The molecule has 1 fully saturated rings. The lowest BCUT2D eigenvalue weighted by molar-refractivity contribution is -0.146. The van der Waals surface area contributed by atoms with Crippen molar-refractivity contribution in [2.45, 2.75) is 31.9 Å². The normalized spacial score (nSPS) is 20.6. The first kappa shape index (κ1) is 19.6. The Hall–Kier alpha value is -2.17. The SMILES string of the molecule is CCOC(=O)C[C@@H]1CCN(C(c2ccccc2)c2ccccc2)C[C@@H]1OC. The van der Waals surface area contributed by atoms with Gasteiger partial charge in [0.25, 0.3) is 0 Å². The molecular formula is C23H29NO3. The molecule has 0 aliphatic carbocycles. The summed E-state index contributed by atoms with van der Waals surface area (Å²) in [6.45, 7) is 4.01. The molecule has 0 bridgehead atoms. The molecule has 4 heteroatoms. The fraction of sp³-hybridized carbons (Fsp3) is 0.435. The Morgan fingerprint density at radius 1 is 1.07 bits per heavy atom. The van der Waals surface area contributed by atoms with Gasteiger partial charge in [-0.25, -0.2) is 0 Å². The maximum absolute atomic E-state index is 11.9. The quantitative estimate of drug-likeness (QED) is 0.692. The molecular weight excluding hydrogens is 338 g/mol. The minimum atomic E-state index is -0.124. The number of hydrogen-bond donors (Lipinski definition) is 0. The molecule has 0 N–H and O–H groups in total. The minimum Gasteiger partial charge on any atom is -0.466 e. The molecule has 0 amide bonds. The average molecular weight is 367 g/mol. The van der Waals surface area contributed by atoms with Crippen molar-refractivity contribution < 1.29 is 14.3 Å². The minimum absolute atomic E-state index is 0.0260. The fourth-order valence-corrected chi connectivity index (χ4v) is 4.04. The van der Waals surface area contributed by atoms with Crippen LogP contribution in [0.3, 0.4) is 0 Å². The van der Waals surface area contributed by atoms with E-state index in [1.54, 1.807) is 7.11 Å². The van der Waals surface area contributed by atoms with E-state index in [1.807, 2.05) is 6.92 Å². The molecule has 1 aliphatic rings. The number of methoxy groups -OCH3 is 1. The van der Waals surface area contributed by atoms with Crippen LogP contribution in [0.5, 0.6) is 0 Å². The Morgan fingerprint density at radius 3 is 2.19 bits per heavy atom. The van der Waals surface area contributed by atoms with Crippen molar-refractivity contribution in [2.75, 3.05) is 26.8 Å². The third-order valence-electron chi connectivity index (χ3n) is 5.36. The Morgan fingerprint density at radius 2 is 1.67 bits per heavy atom. The van der Waals surface area contributed by atoms with Gasteiger partial charge in [0.15, 0.2) is 0 Å². The Labute approximate surface area is 162 Å². The van der Waals surface area contributed by atoms with Crippen molar-refractivity contribution in [3.8, 4) is 0 Å². The first-order chi connectivity index (χ1) is 13.2. The van der Waals surface area contributed by atoms with Crippen LogP contribution in [0.4, 0.5) is 0 Å². The van der Waals surface area contributed by atoms with Crippen molar-refractivity contribution in [3.63, 3.8) is 0 Å². The zero-order chi connectivity index (χ0) is 19.1. The summed E-state index contributed by atoms with van der Waals surface area (Å²) in [5.41, 5.74) is 2.56.